The summed E-state index contributed by atoms with van der Waals surface area (Å²) >= 11 is 1.69. The Morgan fingerprint density at radius 1 is 1.10 bits per heavy atom. The van der Waals surface area contributed by atoms with Gasteiger partial charge in [0.05, 0.1) is 12.6 Å². The largest absolute Gasteiger partial charge is 0.328 e. The van der Waals surface area contributed by atoms with Gasteiger partial charge in [-0.25, -0.2) is 0 Å². The Bertz CT molecular complexity index is 965. The predicted octanol–water partition coefficient (Wildman–Crippen LogP) is 1.46. The van der Waals surface area contributed by atoms with Crippen LogP contribution in [0.4, 0.5) is 5.00 Å². The van der Waals surface area contributed by atoms with E-state index in [1.165, 1.54) is 15.3 Å². The first-order chi connectivity index (χ1) is 14.7. The number of thiophene rings is 1. The number of hydrogen-bond donors (Lipinski definition) is 3. The molecule has 2 aromatic heterocycles. The molecule has 30 heavy (non-hydrogen) atoms. The molecular formula is C24H30N4OS+2. The highest BCUT2D eigenvalue weighted by atomic mass is 32.1. The van der Waals surface area contributed by atoms with Crippen LogP contribution in [0.1, 0.15) is 39.5 Å². The topological polar surface area (TPSA) is 50.9 Å². The Morgan fingerprint density at radius 2 is 1.83 bits per heavy atom. The fourth-order valence-electron chi connectivity index (χ4n) is 4.13. The lowest BCUT2D eigenvalue weighted by Gasteiger charge is -2.33. The minimum absolute atomic E-state index is 0.0565. The molecule has 1 atom stereocenters. The fraction of sp³-hybridized carbons (Fsp3) is 0.333. The number of piperazine rings is 1. The highest BCUT2D eigenvalue weighted by molar-refractivity contribution is 7.16. The molecule has 1 unspecified atom stereocenters. The number of aromatic nitrogens is 1. The van der Waals surface area contributed by atoms with E-state index >= 15 is 0 Å². The van der Waals surface area contributed by atoms with E-state index in [4.69, 9.17) is 4.98 Å². The van der Waals surface area contributed by atoms with Crippen LogP contribution in [-0.4, -0.2) is 44.1 Å². The van der Waals surface area contributed by atoms with E-state index in [1.54, 1.807) is 16.2 Å². The Kier molecular flexibility index (Phi) is 6.57. The zero-order chi connectivity index (χ0) is 20.9. The van der Waals surface area contributed by atoms with Gasteiger partial charge < -0.3 is 15.1 Å². The van der Waals surface area contributed by atoms with Crippen LogP contribution < -0.4 is 15.1 Å². The molecule has 1 fully saturated rings. The first-order valence-corrected chi connectivity index (χ1v) is 11.5. The van der Waals surface area contributed by atoms with E-state index in [-0.39, 0.29) is 11.9 Å². The van der Waals surface area contributed by atoms with Crippen LogP contribution in [0.25, 0.3) is 0 Å². The molecule has 1 aromatic carbocycles. The predicted molar refractivity (Wildman–Crippen MR) is 121 cm³/mol. The fourth-order valence-corrected chi connectivity index (χ4v) is 5.16. The maximum Gasteiger partial charge on any atom is 0.256 e. The van der Waals surface area contributed by atoms with E-state index in [0.29, 0.717) is 5.56 Å². The number of pyridine rings is 1. The third kappa shape index (κ3) is 4.61. The molecule has 0 aliphatic carbocycles. The summed E-state index contributed by atoms with van der Waals surface area (Å²) in [7, 11) is 2.26. The number of hydrogen-bond acceptors (Lipinski definition) is 3. The number of benzene rings is 1. The van der Waals surface area contributed by atoms with E-state index in [1.807, 2.05) is 42.6 Å². The average Bonchev–Trinajstić information content (AvgIpc) is 3.19. The van der Waals surface area contributed by atoms with Gasteiger partial charge in [-0.05, 0) is 36.8 Å². The van der Waals surface area contributed by atoms with Crippen molar-refractivity contribution in [1.82, 2.24) is 4.98 Å². The summed E-state index contributed by atoms with van der Waals surface area (Å²) in [6, 6.07) is 18.0. The number of carbonyl (C=O) groups excluding carboxylic acids is 1. The second kappa shape index (κ2) is 9.51. The molecule has 1 amide bonds. The van der Waals surface area contributed by atoms with Crippen molar-refractivity contribution in [2.75, 3.05) is 38.5 Å². The molecule has 0 spiro atoms. The van der Waals surface area contributed by atoms with Crippen LogP contribution >= 0.6 is 11.3 Å². The number of carbonyl (C=O) groups is 1. The second-order valence-electron chi connectivity index (χ2n) is 7.97. The molecule has 156 valence electrons. The Balaban J connectivity index is 1.71. The number of rotatable bonds is 6. The van der Waals surface area contributed by atoms with Crippen molar-refractivity contribution in [2.24, 2.45) is 0 Å². The molecule has 1 aliphatic heterocycles. The highest BCUT2D eigenvalue weighted by Gasteiger charge is 2.34. The number of anilines is 1. The normalized spacial score (nSPS) is 19.9. The molecule has 3 N–H and O–H groups in total. The Morgan fingerprint density at radius 3 is 2.50 bits per heavy atom. The summed E-state index contributed by atoms with van der Waals surface area (Å²) in [5.74, 6) is -0.0565. The Labute approximate surface area is 182 Å². The smallest absolute Gasteiger partial charge is 0.256 e. The standard InChI is InChI=1S/C24H28N4OS/c1-3-19-17-20(24(30-19)26-23(29)18-9-5-4-6-10-18)22(21-11-7-8-12-25-21)28-15-13-27(2)14-16-28/h4-12,17,22H,3,13-16H2,1-2H3,(H,26,29)/p+2. The van der Waals surface area contributed by atoms with Crippen molar-refractivity contribution in [1.29, 1.82) is 0 Å². The molecule has 6 heteroatoms. The lowest BCUT2D eigenvalue weighted by atomic mass is 10.0. The maximum absolute atomic E-state index is 12.9. The van der Waals surface area contributed by atoms with Crippen molar-refractivity contribution in [3.8, 4) is 0 Å². The summed E-state index contributed by atoms with van der Waals surface area (Å²) in [6.07, 6.45) is 2.83. The van der Waals surface area contributed by atoms with Crippen LogP contribution in [0.15, 0.2) is 60.8 Å². The van der Waals surface area contributed by atoms with Gasteiger partial charge in [-0.3, -0.25) is 9.78 Å². The van der Waals surface area contributed by atoms with Crippen molar-refractivity contribution in [3.63, 3.8) is 0 Å². The van der Waals surface area contributed by atoms with Crippen molar-refractivity contribution >= 4 is 22.2 Å². The van der Waals surface area contributed by atoms with E-state index in [9.17, 15) is 4.79 Å². The van der Waals surface area contributed by atoms with Gasteiger partial charge in [0.1, 0.15) is 36.9 Å². The van der Waals surface area contributed by atoms with Gasteiger partial charge in [0.2, 0.25) is 0 Å². The van der Waals surface area contributed by atoms with Crippen molar-refractivity contribution < 1.29 is 14.6 Å². The van der Waals surface area contributed by atoms with Gasteiger partial charge in [0.25, 0.3) is 5.91 Å². The third-order valence-electron chi connectivity index (χ3n) is 5.87. The lowest BCUT2D eigenvalue weighted by molar-refractivity contribution is -1.02. The minimum atomic E-state index is -0.0565. The van der Waals surface area contributed by atoms with Crippen molar-refractivity contribution in [2.45, 2.75) is 19.4 Å². The van der Waals surface area contributed by atoms with Gasteiger partial charge in [0, 0.05) is 16.6 Å². The number of likely N-dealkylation sites (N-methyl/N-ethyl adjacent to an activating group) is 1. The summed E-state index contributed by atoms with van der Waals surface area (Å²) < 4.78 is 0. The van der Waals surface area contributed by atoms with Crippen molar-refractivity contribution in [3.05, 3.63) is 82.5 Å². The number of amides is 1. The summed E-state index contributed by atoms with van der Waals surface area (Å²) in [5.41, 5.74) is 2.94. The van der Waals surface area contributed by atoms with Gasteiger partial charge >= 0.3 is 0 Å². The number of aryl methyl sites for hydroxylation is 1. The Hall–Kier alpha value is -2.54. The van der Waals surface area contributed by atoms with Crippen LogP contribution in [0.5, 0.6) is 0 Å². The second-order valence-corrected chi connectivity index (χ2v) is 9.11. The maximum atomic E-state index is 12.9. The van der Waals surface area contributed by atoms with Crippen LogP contribution in [-0.2, 0) is 6.42 Å². The van der Waals surface area contributed by atoms with Crippen LogP contribution in [0.3, 0.4) is 0 Å². The molecular weight excluding hydrogens is 392 g/mol. The van der Waals surface area contributed by atoms with Crippen LogP contribution in [0.2, 0.25) is 0 Å². The van der Waals surface area contributed by atoms with Gasteiger partial charge in [0.15, 0.2) is 6.04 Å². The molecule has 4 rings (SSSR count). The van der Waals surface area contributed by atoms with E-state index < -0.39 is 0 Å². The molecule has 3 aromatic rings. The number of quaternary nitrogens is 2. The molecule has 0 radical (unpaired) electrons. The molecule has 5 nitrogen and oxygen atoms in total. The summed E-state index contributed by atoms with van der Waals surface area (Å²) in [4.78, 5) is 22.0. The molecule has 1 saturated heterocycles. The number of nitrogens with zero attached hydrogens (tertiary/aromatic N) is 1. The number of nitrogens with one attached hydrogen (secondary N) is 3. The average molecular weight is 423 g/mol. The minimum Gasteiger partial charge on any atom is -0.328 e. The molecule has 0 bridgehead atoms. The first kappa shape index (κ1) is 20.7. The zero-order valence-electron chi connectivity index (χ0n) is 17.7. The quantitative estimate of drug-likeness (QED) is 0.563. The van der Waals surface area contributed by atoms with Gasteiger partial charge in [-0.1, -0.05) is 31.2 Å². The third-order valence-corrected chi connectivity index (χ3v) is 7.08. The van der Waals surface area contributed by atoms with E-state index in [2.05, 4.69) is 37.5 Å². The molecule has 1 aliphatic rings. The van der Waals surface area contributed by atoms with E-state index in [0.717, 1.165) is 43.3 Å². The molecule has 0 saturated carbocycles. The van der Waals surface area contributed by atoms with Gasteiger partial charge in [-0.2, -0.15) is 0 Å². The summed E-state index contributed by atoms with van der Waals surface area (Å²) in [5, 5.41) is 4.17. The monoisotopic (exact) mass is 422 g/mol. The zero-order valence-corrected chi connectivity index (χ0v) is 18.5. The highest BCUT2D eigenvalue weighted by Crippen LogP contribution is 2.34. The molecule has 3 heterocycles. The SMILES string of the molecule is CCc1cc(C(c2ccccn2)[NH+]2CC[NH+](C)CC2)c(NC(=O)c2ccccc2)s1. The first-order valence-electron chi connectivity index (χ1n) is 10.7. The lowest BCUT2D eigenvalue weighted by Crippen LogP contribution is -3.27. The van der Waals surface area contributed by atoms with Crippen LogP contribution in [0, 0.1) is 0 Å². The van der Waals surface area contributed by atoms with Gasteiger partial charge in [-0.15, -0.1) is 11.3 Å². The summed E-state index contributed by atoms with van der Waals surface area (Å²) in [6.45, 7) is 6.65.